The van der Waals surface area contributed by atoms with Gasteiger partial charge in [0.1, 0.15) is 0 Å². The van der Waals surface area contributed by atoms with Crippen molar-refractivity contribution >= 4 is 8.32 Å². The molecule has 0 spiro atoms. The Labute approximate surface area is 216 Å². The van der Waals surface area contributed by atoms with E-state index in [-0.39, 0.29) is 0 Å². The molecule has 0 heterocycles. The predicted octanol–water partition coefficient (Wildman–Crippen LogP) is 4.70. The van der Waals surface area contributed by atoms with Gasteiger partial charge in [-0.25, -0.2) is 0 Å². The molecule has 0 radical (unpaired) electrons. The summed E-state index contributed by atoms with van der Waals surface area (Å²) < 4.78 is 44.2. The van der Waals surface area contributed by atoms with E-state index < -0.39 is 8.32 Å². The number of ether oxygens (including phenoxy) is 7. The highest BCUT2D eigenvalue weighted by molar-refractivity contribution is 6.69. The Balaban J connectivity index is 3.03. The lowest BCUT2D eigenvalue weighted by Gasteiger charge is -2.16. The van der Waals surface area contributed by atoms with Gasteiger partial charge in [0.25, 0.3) is 0 Å². The van der Waals surface area contributed by atoms with Crippen molar-refractivity contribution in [1.82, 2.24) is 0 Å². The van der Waals surface area contributed by atoms with Gasteiger partial charge < -0.3 is 37.6 Å². The van der Waals surface area contributed by atoms with Gasteiger partial charge in [-0.15, -0.1) is 0 Å². The summed E-state index contributed by atoms with van der Waals surface area (Å²) in [6.45, 7) is 17.8. The summed E-state index contributed by atoms with van der Waals surface area (Å²) in [6, 6.07) is 0. The van der Waals surface area contributed by atoms with Crippen LogP contribution in [-0.4, -0.2) is 107 Å². The molecule has 0 aliphatic rings. The first-order valence-corrected chi connectivity index (χ1v) is 17.1. The minimum Gasteiger partial charge on any atom is -0.415 e. The van der Waals surface area contributed by atoms with Gasteiger partial charge >= 0.3 is 0 Å². The number of rotatable bonds is 30. The van der Waals surface area contributed by atoms with Gasteiger partial charge in [0.15, 0.2) is 8.32 Å². The van der Waals surface area contributed by atoms with Gasteiger partial charge in [-0.1, -0.05) is 45.4 Å². The smallest absolute Gasteiger partial charge is 0.183 e. The van der Waals surface area contributed by atoms with Gasteiger partial charge in [0.05, 0.1) is 92.5 Å². The van der Waals surface area contributed by atoms with Crippen molar-refractivity contribution in [1.29, 1.82) is 0 Å². The molecule has 0 aromatic carbocycles. The van der Waals surface area contributed by atoms with Crippen LogP contribution in [0.1, 0.15) is 51.9 Å². The number of unbranched alkanes of at least 4 members (excludes halogenated alkanes) is 6. The van der Waals surface area contributed by atoms with E-state index in [1.54, 1.807) is 0 Å². The van der Waals surface area contributed by atoms with E-state index in [9.17, 15) is 0 Å². The molecule has 0 aromatic rings. The Hall–Kier alpha value is -0.103. The Morgan fingerprint density at radius 1 is 0.343 bits per heavy atom. The Bertz CT molecular complexity index is 396. The molecule has 0 N–H and O–H groups in total. The molecule has 0 amide bonds. The lowest BCUT2D eigenvalue weighted by Crippen LogP contribution is -2.27. The van der Waals surface area contributed by atoms with E-state index in [0.29, 0.717) is 92.5 Å². The van der Waals surface area contributed by atoms with Gasteiger partial charge in [-0.3, -0.25) is 0 Å². The van der Waals surface area contributed by atoms with Crippen LogP contribution in [0.2, 0.25) is 19.6 Å². The maximum atomic E-state index is 5.71. The summed E-state index contributed by atoms with van der Waals surface area (Å²) in [5.41, 5.74) is 0. The molecule has 9 heteroatoms. The van der Waals surface area contributed by atoms with E-state index in [4.69, 9.17) is 37.6 Å². The fourth-order valence-electron chi connectivity index (χ4n) is 2.99. The van der Waals surface area contributed by atoms with Crippen LogP contribution in [0.3, 0.4) is 0 Å². The van der Waals surface area contributed by atoms with Crippen molar-refractivity contribution in [3.8, 4) is 0 Å². The summed E-state index contributed by atoms with van der Waals surface area (Å²) in [7, 11) is -1.43. The van der Waals surface area contributed by atoms with E-state index in [2.05, 4.69) is 26.6 Å². The lowest BCUT2D eigenvalue weighted by atomic mass is 10.1. The lowest BCUT2D eigenvalue weighted by molar-refractivity contribution is -0.0213. The molecular formula is C26H56O8Si. The molecule has 0 atom stereocenters. The maximum Gasteiger partial charge on any atom is 0.183 e. The first kappa shape index (κ1) is 34.9. The third kappa shape index (κ3) is 33.9. The highest BCUT2D eigenvalue weighted by Crippen LogP contribution is 2.06. The summed E-state index contributed by atoms with van der Waals surface area (Å²) in [6.07, 6.45) is 9.16. The molecule has 8 nitrogen and oxygen atoms in total. The summed E-state index contributed by atoms with van der Waals surface area (Å²) in [4.78, 5) is 0. The van der Waals surface area contributed by atoms with Crippen molar-refractivity contribution in [2.45, 2.75) is 71.5 Å². The second-order valence-electron chi connectivity index (χ2n) is 9.37. The quantitative estimate of drug-likeness (QED) is 0.0988. The Morgan fingerprint density at radius 3 is 0.971 bits per heavy atom. The molecule has 0 rings (SSSR count). The molecule has 0 fully saturated rings. The minimum atomic E-state index is -1.43. The third-order valence-electron chi connectivity index (χ3n) is 4.89. The van der Waals surface area contributed by atoms with E-state index in [1.807, 2.05) is 0 Å². The molecule has 0 aromatic heterocycles. The van der Waals surface area contributed by atoms with Crippen LogP contribution in [-0.2, 0) is 37.6 Å². The van der Waals surface area contributed by atoms with Crippen molar-refractivity contribution in [3.05, 3.63) is 0 Å². The highest BCUT2D eigenvalue weighted by Gasteiger charge is 2.12. The predicted molar refractivity (Wildman–Crippen MR) is 143 cm³/mol. The maximum absolute atomic E-state index is 5.71. The van der Waals surface area contributed by atoms with Crippen LogP contribution in [0.15, 0.2) is 0 Å². The topological polar surface area (TPSA) is 73.8 Å². The van der Waals surface area contributed by atoms with Gasteiger partial charge in [0.2, 0.25) is 0 Å². The van der Waals surface area contributed by atoms with E-state index in [0.717, 1.165) is 13.0 Å². The zero-order valence-corrected chi connectivity index (χ0v) is 24.3. The molecular weight excluding hydrogens is 468 g/mol. The van der Waals surface area contributed by atoms with E-state index >= 15 is 0 Å². The van der Waals surface area contributed by atoms with Crippen LogP contribution in [0.5, 0.6) is 0 Å². The van der Waals surface area contributed by atoms with Gasteiger partial charge in [0, 0.05) is 6.61 Å². The van der Waals surface area contributed by atoms with Gasteiger partial charge in [-0.05, 0) is 26.1 Å². The van der Waals surface area contributed by atoms with Crippen molar-refractivity contribution in [2.75, 3.05) is 99.1 Å². The molecule has 0 bridgehead atoms. The standard InChI is InChI=1S/C26H56O8Si/c1-5-6-7-8-9-10-11-12-27-13-14-28-15-16-29-17-18-30-19-20-31-21-22-32-23-24-33-25-26-34-35(2,3)4/h5-26H2,1-4H3. The van der Waals surface area contributed by atoms with Crippen LogP contribution in [0, 0.1) is 0 Å². The second-order valence-corrected chi connectivity index (χ2v) is 13.9. The van der Waals surface area contributed by atoms with Crippen molar-refractivity contribution < 1.29 is 37.6 Å². The molecule has 0 unspecified atom stereocenters. The first-order chi connectivity index (χ1) is 17.1. The first-order valence-electron chi connectivity index (χ1n) is 13.7. The zero-order valence-electron chi connectivity index (χ0n) is 23.3. The molecule has 0 saturated carbocycles. The number of hydrogen-bond acceptors (Lipinski definition) is 8. The minimum absolute atomic E-state index is 0.551. The zero-order chi connectivity index (χ0) is 25.7. The van der Waals surface area contributed by atoms with Crippen molar-refractivity contribution in [3.63, 3.8) is 0 Å². The average Bonchev–Trinajstić information content (AvgIpc) is 2.82. The fourth-order valence-corrected chi connectivity index (χ4v) is 3.69. The van der Waals surface area contributed by atoms with Crippen molar-refractivity contribution in [2.24, 2.45) is 0 Å². The van der Waals surface area contributed by atoms with Crippen LogP contribution < -0.4 is 0 Å². The third-order valence-corrected chi connectivity index (χ3v) is 5.96. The van der Waals surface area contributed by atoms with Gasteiger partial charge in [-0.2, -0.15) is 0 Å². The second kappa shape index (κ2) is 28.5. The number of hydrogen-bond donors (Lipinski definition) is 0. The van der Waals surface area contributed by atoms with Crippen LogP contribution in [0.25, 0.3) is 0 Å². The molecule has 35 heavy (non-hydrogen) atoms. The average molecular weight is 525 g/mol. The Morgan fingerprint density at radius 2 is 0.629 bits per heavy atom. The molecule has 0 aliphatic heterocycles. The molecule has 212 valence electrons. The fraction of sp³-hybridized carbons (Fsp3) is 1.00. The SMILES string of the molecule is CCCCCCCCCOCCOCCOCCOCCOCCOCCOCCO[Si](C)(C)C. The molecule has 0 aliphatic carbocycles. The summed E-state index contributed by atoms with van der Waals surface area (Å²) in [5.74, 6) is 0. The van der Waals surface area contributed by atoms with Crippen LogP contribution >= 0.6 is 0 Å². The normalized spacial score (nSPS) is 12.0. The largest absolute Gasteiger partial charge is 0.415 e. The highest BCUT2D eigenvalue weighted by atomic mass is 28.4. The Kier molecular flexibility index (Phi) is 28.4. The van der Waals surface area contributed by atoms with E-state index in [1.165, 1.54) is 38.5 Å². The summed E-state index contributed by atoms with van der Waals surface area (Å²) >= 11 is 0. The molecule has 0 saturated heterocycles. The summed E-state index contributed by atoms with van der Waals surface area (Å²) in [5, 5.41) is 0. The van der Waals surface area contributed by atoms with Crippen LogP contribution in [0.4, 0.5) is 0 Å². The monoisotopic (exact) mass is 524 g/mol.